The van der Waals surface area contributed by atoms with Crippen LogP contribution in [-0.4, -0.2) is 25.1 Å². The Hall–Kier alpha value is -3.94. The van der Waals surface area contributed by atoms with Crippen molar-refractivity contribution in [3.05, 3.63) is 98.5 Å². The molecule has 1 amide bonds. The van der Waals surface area contributed by atoms with E-state index in [9.17, 15) is 14.4 Å². The van der Waals surface area contributed by atoms with Gasteiger partial charge in [-0.05, 0) is 36.8 Å². The summed E-state index contributed by atoms with van der Waals surface area (Å²) in [4.78, 5) is 39.6. The van der Waals surface area contributed by atoms with E-state index >= 15 is 0 Å². The second-order valence-electron chi connectivity index (χ2n) is 6.42. The average Bonchev–Trinajstić information content (AvgIpc) is 2.98. The molecule has 4 aromatic rings. The third-order valence-electron chi connectivity index (χ3n) is 4.31. The van der Waals surface area contributed by atoms with Crippen molar-refractivity contribution in [3.8, 4) is 0 Å². The summed E-state index contributed by atoms with van der Waals surface area (Å²) in [6.45, 7) is 2.00. The smallest absolute Gasteiger partial charge is 0.350 e. The predicted molar refractivity (Wildman–Crippen MR) is 105 cm³/mol. The van der Waals surface area contributed by atoms with Crippen LogP contribution in [0.2, 0.25) is 0 Å². The molecule has 140 valence electrons. The molecule has 0 saturated carbocycles. The molecule has 28 heavy (non-hydrogen) atoms. The van der Waals surface area contributed by atoms with Crippen LogP contribution in [0.1, 0.15) is 21.6 Å². The number of carbonyl (C=O) groups excluding carboxylic acids is 1. The van der Waals surface area contributed by atoms with E-state index in [1.165, 1.54) is 21.3 Å². The van der Waals surface area contributed by atoms with Gasteiger partial charge in [-0.3, -0.25) is 14.0 Å². The molecule has 0 aliphatic rings. The molecule has 3 heterocycles. The number of H-pyrrole nitrogens is 1. The molecule has 0 bridgehead atoms. The standard InChI is InChI=1S/C20H17N5O3/c1-13-9-17(26)16(11-21-13)19(27)22-15-6-4-5-14(10-15)12-25-20(28)24-8-3-2-7-18(24)23-25/h2-11H,12H2,1H3,(H,21,26)(H,22,27). The lowest BCUT2D eigenvalue weighted by Gasteiger charge is -2.07. The molecule has 1 aromatic carbocycles. The highest BCUT2D eigenvalue weighted by molar-refractivity contribution is 6.04. The first-order chi connectivity index (χ1) is 13.5. The molecule has 0 radical (unpaired) electrons. The summed E-state index contributed by atoms with van der Waals surface area (Å²) in [7, 11) is 0. The molecule has 0 saturated heterocycles. The summed E-state index contributed by atoms with van der Waals surface area (Å²) < 4.78 is 2.83. The Bertz CT molecular complexity index is 1300. The zero-order valence-corrected chi connectivity index (χ0v) is 15.0. The molecule has 0 atom stereocenters. The van der Waals surface area contributed by atoms with Crippen molar-refractivity contribution in [2.45, 2.75) is 13.5 Å². The second kappa shape index (κ2) is 6.99. The van der Waals surface area contributed by atoms with Crippen molar-refractivity contribution in [1.29, 1.82) is 0 Å². The van der Waals surface area contributed by atoms with Gasteiger partial charge in [0.05, 0.1) is 6.54 Å². The molecular formula is C20H17N5O3. The Morgan fingerprint density at radius 1 is 1.14 bits per heavy atom. The molecule has 4 rings (SSSR count). The summed E-state index contributed by atoms with van der Waals surface area (Å²) in [6, 6.07) is 13.8. The van der Waals surface area contributed by atoms with Gasteiger partial charge < -0.3 is 10.3 Å². The van der Waals surface area contributed by atoms with Crippen molar-refractivity contribution in [1.82, 2.24) is 19.2 Å². The van der Waals surface area contributed by atoms with E-state index in [-0.39, 0.29) is 23.2 Å². The van der Waals surface area contributed by atoms with Gasteiger partial charge in [-0.2, -0.15) is 0 Å². The van der Waals surface area contributed by atoms with Gasteiger partial charge in [0.25, 0.3) is 5.91 Å². The molecule has 0 spiro atoms. The number of pyridine rings is 2. The topological polar surface area (TPSA) is 101 Å². The van der Waals surface area contributed by atoms with Crippen LogP contribution in [0.25, 0.3) is 5.65 Å². The molecule has 0 fully saturated rings. The zero-order chi connectivity index (χ0) is 19.7. The number of anilines is 1. The first kappa shape index (κ1) is 17.5. The quantitative estimate of drug-likeness (QED) is 0.568. The second-order valence-corrected chi connectivity index (χ2v) is 6.42. The summed E-state index contributed by atoms with van der Waals surface area (Å²) in [5, 5.41) is 7.01. The summed E-state index contributed by atoms with van der Waals surface area (Å²) in [5.74, 6) is -0.497. The Labute approximate surface area is 159 Å². The number of hydrogen-bond donors (Lipinski definition) is 2. The van der Waals surface area contributed by atoms with Gasteiger partial charge in [0.15, 0.2) is 11.1 Å². The van der Waals surface area contributed by atoms with E-state index in [1.54, 1.807) is 43.5 Å². The lowest BCUT2D eigenvalue weighted by molar-refractivity contribution is 0.102. The minimum Gasteiger partial charge on any atom is -0.364 e. The Balaban J connectivity index is 1.57. The fourth-order valence-electron chi connectivity index (χ4n) is 2.94. The van der Waals surface area contributed by atoms with Crippen molar-refractivity contribution in [2.75, 3.05) is 5.32 Å². The van der Waals surface area contributed by atoms with E-state index in [1.807, 2.05) is 12.1 Å². The zero-order valence-electron chi connectivity index (χ0n) is 15.0. The lowest BCUT2D eigenvalue weighted by Crippen LogP contribution is -2.22. The molecule has 0 unspecified atom stereocenters. The number of aryl methyl sites for hydroxylation is 1. The number of aromatic amines is 1. The number of hydrogen-bond acceptors (Lipinski definition) is 4. The molecule has 2 N–H and O–H groups in total. The highest BCUT2D eigenvalue weighted by atomic mass is 16.2. The fourth-order valence-corrected chi connectivity index (χ4v) is 2.94. The van der Waals surface area contributed by atoms with Crippen LogP contribution in [0.3, 0.4) is 0 Å². The van der Waals surface area contributed by atoms with Crippen molar-refractivity contribution in [2.24, 2.45) is 0 Å². The van der Waals surface area contributed by atoms with Gasteiger partial charge in [0, 0.05) is 29.8 Å². The molecule has 0 aliphatic heterocycles. The number of amides is 1. The number of carbonyl (C=O) groups is 1. The first-order valence-electron chi connectivity index (χ1n) is 8.65. The van der Waals surface area contributed by atoms with Crippen molar-refractivity contribution < 1.29 is 4.79 Å². The Morgan fingerprint density at radius 2 is 2.00 bits per heavy atom. The summed E-state index contributed by atoms with van der Waals surface area (Å²) >= 11 is 0. The number of aromatic nitrogens is 4. The van der Waals surface area contributed by atoms with Crippen LogP contribution in [0.4, 0.5) is 5.69 Å². The van der Waals surface area contributed by atoms with E-state index in [0.29, 0.717) is 17.0 Å². The van der Waals surface area contributed by atoms with Crippen molar-refractivity contribution >= 4 is 17.2 Å². The monoisotopic (exact) mass is 375 g/mol. The van der Waals surface area contributed by atoms with Gasteiger partial charge >= 0.3 is 5.69 Å². The minimum absolute atomic E-state index is 0.0348. The van der Waals surface area contributed by atoms with E-state index in [4.69, 9.17) is 0 Å². The molecule has 3 aromatic heterocycles. The fraction of sp³-hybridized carbons (Fsp3) is 0.100. The van der Waals surface area contributed by atoms with Crippen molar-refractivity contribution in [3.63, 3.8) is 0 Å². The number of nitrogens with zero attached hydrogens (tertiary/aromatic N) is 3. The summed E-state index contributed by atoms with van der Waals surface area (Å²) in [5.41, 5.74) is 2.02. The highest BCUT2D eigenvalue weighted by Gasteiger charge is 2.11. The van der Waals surface area contributed by atoms with Crippen LogP contribution in [0.15, 0.2) is 70.5 Å². The van der Waals surface area contributed by atoms with Crippen LogP contribution in [-0.2, 0) is 6.54 Å². The van der Waals surface area contributed by atoms with Crippen LogP contribution in [0.5, 0.6) is 0 Å². The van der Waals surface area contributed by atoms with Crippen LogP contribution < -0.4 is 16.4 Å². The normalized spacial score (nSPS) is 10.9. The van der Waals surface area contributed by atoms with Gasteiger partial charge in [-0.25, -0.2) is 9.48 Å². The maximum atomic E-state index is 12.4. The van der Waals surface area contributed by atoms with Gasteiger partial charge in [0.1, 0.15) is 5.56 Å². The maximum Gasteiger partial charge on any atom is 0.350 e. The van der Waals surface area contributed by atoms with E-state index < -0.39 is 5.91 Å². The Kier molecular flexibility index (Phi) is 4.36. The predicted octanol–water partition coefficient (Wildman–Crippen LogP) is 1.79. The SMILES string of the molecule is Cc1cc(=O)c(C(=O)Nc2cccc(Cn3nc4ccccn4c3=O)c2)c[nH]1. The van der Waals surface area contributed by atoms with Crippen LogP contribution >= 0.6 is 0 Å². The molecular weight excluding hydrogens is 358 g/mol. The minimum atomic E-state index is -0.497. The molecule has 0 aliphatic carbocycles. The van der Waals surface area contributed by atoms with Crippen LogP contribution in [0, 0.1) is 6.92 Å². The first-order valence-corrected chi connectivity index (χ1v) is 8.65. The van der Waals surface area contributed by atoms with E-state index in [0.717, 1.165) is 5.56 Å². The Morgan fingerprint density at radius 3 is 2.79 bits per heavy atom. The third kappa shape index (κ3) is 3.35. The molecule has 8 nitrogen and oxygen atoms in total. The van der Waals surface area contributed by atoms with Gasteiger partial charge in [-0.1, -0.05) is 18.2 Å². The average molecular weight is 375 g/mol. The van der Waals surface area contributed by atoms with E-state index in [2.05, 4.69) is 15.4 Å². The maximum absolute atomic E-state index is 12.4. The number of benzene rings is 1. The lowest BCUT2D eigenvalue weighted by atomic mass is 10.2. The number of rotatable bonds is 4. The van der Waals surface area contributed by atoms with Gasteiger partial charge in [-0.15, -0.1) is 5.10 Å². The summed E-state index contributed by atoms with van der Waals surface area (Å²) in [6.07, 6.45) is 3.06. The highest BCUT2D eigenvalue weighted by Crippen LogP contribution is 2.12. The number of nitrogens with one attached hydrogen (secondary N) is 2. The number of fused-ring (bicyclic) bond motifs is 1. The van der Waals surface area contributed by atoms with Gasteiger partial charge in [0.2, 0.25) is 0 Å². The molecule has 8 heteroatoms. The third-order valence-corrected chi connectivity index (χ3v) is 4.31. The largest absolute Gasteiger partial charge is 0.364 e.